The third-order valence-corrected chi connectivity index (χ3v) is 5.07. The quantitative estimate of drug-likeness (QED) is 0.279. The van der Waals surface area contributed by atoms with Gasteiger partial charge in [0.05, 0.1) is 6.21 Å². The van der Waals surface area contributed by atoms with Crippen molar-refractivity contribution in [1.29, 1.82) is 0 Å². The van der Waals surface area contributed by atoms with Gasteiger partial charge < -0.3 is 5.32 Å². The van der Waals surface area contributed by atoms with Gasteiger partial charge in [-0.1, -0.05) is 51.1 Å². The fourth-order valence-electron chi connectivity index (χ4n) is 2.65. The summed E-state index contributed by atoms with van der Waals surface area (Å²) in [6, 6.07) is 16.1. The van der Waals surface area contributed by atoms with Crippen LogP contribution < -0.4 is 10.7 Å². The minimum absolute atomic E-state index is 0.147. The summed E-state index contributed by atoms with van der Waals surface area (Å²) < 4.78 is 1.16. The Bertz CT molecular complexity index is 824. The second kappa shape index (κ2) is 11.0. The van der Waals surface area contributed by atoms with Crippen molar-refractivity contribution in [1.82, 2.24) is 5.43 Å². The van der Waals surface area contributed by atoms with Crippen molar-refractivity contribution in [3.05, 3.63) is 68.8 Å². The van der Waals surface area contributed by atoms with Crippen molar-refractivity contribution in [2.24, 2.45) is 5.10 Å². The van der Waals surface area contributed by atoms with Crippen LogP contribution in [0.25, 0.3) is 6.08 Å². The van der Waals surface area contributed by atoms with Crippen LogP contribution in [0.2, 0.25) is 0 Å². The second-order valence-corrected chi connectivity index (χ2v) is 8.30. The number of carbonyl (C=O) groups excluding carboxylic acids is 1. The van der Waals surface area contributed by atoms with Gasteiger partial charge in [0, 0.05) is 9.26 Å². The van der Waals surface area contributed by atoms with Crippen LogP contribution >= 0.6 is 22.6 Å². The summed E-state index contributed by atoms with van der Waals surface area (Å²) in [6.45, 7) is 8.30. The minimum Gasteiger partial charge on any atom is -0.374 e. The number of hydrogen-bond acceptors (Lipinski definition) is 3. The van der Waals surface area contributed by atoms with E-state index in [0.717, 1.165) is 20.4 Å². The van der Waals surface area contributed by atoms with Gasteiger partial charge in [-0.15, -0.1) is 0 Å². The molecule has 0 aliphatic heterocycles. The number of halogens is 1. The summed E-state index contributed by atoms with van der Waals surface area (Å²) in [5.74, 6) is 0.377. The summed E-state index contributed by atoms with van der Waals surface area (Å²) in [4.78, 5) is 12.4. The number of amides is 1. The summed E-state index contributed by atoms with van der Waals surface area (Å²) in [5.41, 5.74) is 6.96. The molecule has 2 rings (SSSR count). The van der Waals surface area contributed by atoms with Crippen LogP contribution in [-0.4, -0.2) is 18.2 Å². The molecule has 0 bridgehead atoms. The van der Waals surface area contributed by atoms with E-state index in [1.54, 1.807) is 6.21 Å². The average molecular weight is 489 g/mol. The molecular weight excluding hydrogens is 461 g/mol. The van der Waals surface area contributed by atoms with E-state index in [2.05, 4.69) is 76.5 Å². The van der Waals surface area contributed by atoms with Crippen molar-refractivity contribution in [2.45, 2.75) is 46.1 Å². The lowest BCUT2D eigenvalue weighted by molar-refractivity contribution is -0.121. The number of hydrogen-bond donors (Lipinski definition) is 2. The number of hydrazone groups is 1. The predicted octanol–water partition coefficient (Wildman–Crippen LogP) is 5.81. The zero-order valence-electron chi connectivity index (χ0n) is 16.9. The van der Waals surface area contributed by atoms with Gasteiger partial charge in [0.15, 0.2) is 0 Å². The summed E-state index contributed by atoms with van der Waals surface area (Å²) in [5, 5.41) is 7.35. The van der Waals surface area contributed by atoms with Crippen LogP contribution in [0.1, 0.15) is 51.2 Å². The van der Waals surface area contributed by atoms with Crippen molar-refractivity contribution >= 4 is 46.5 Å². The molecule has 2 N–H and O–H groups in total. The van der Waals surface area contributed by atoms with Crippen molar-refractivity contribution in [3.63, 3.8) is 0 Å². The Kier molecular flexibility index (Phi) is 8.70. The van der Waals surface area contributed by atoms with Crippen LogP contribution in [0.3, 0.4) is 0 Å². The molecule has 28 heavy (non-hydrogen) atoms. The van der Waals surface area contributed by atoms with Gasteiger partial charge in [0.1, 0.15) is 6.04 Å². The zero-order valence-corrected chi connectivity index (χ0v) is 19.0. The van der Waals surface area contributed by atoms with E-state index < -0.39 is 0 Å². The van der Waals surface area contributed by atoms with E-state index in [4.69, 9.17) is 0 Å². The molecule has 0 spiro atoms. The normalized spacial score (nSPS) is 13.0. The van der Waals surface area contributed by atoms with Gasteiger partial charge >= 0.3 is 0 Å². The maximum atomic E-state index is 12.4. The molecule has 0 radical (unpaired) electrons. The first-order valence-corrected chi connectivity index (χ1v) is 10.6. The lowest BCUT2D eigenvalue weighted by Gasteiger charge is -2.16. The fraction of sp³-hybridized carbons (Fsp3) is 0.304. The minimum atomic E-state index is -0.329. The molecule has 0 aromatic heterocycles. The van der Waals surface area contributed by atoms with Gasteiger partial charge in [-0.3, -0.25) is 4.79 Å². The first-order chi connectivity index (χ1) is 13.4. The Balaban J connectivity index is 1.91. The zero-order chi connectivity index (χ0) is 20.5. The molecule has 1 amide bonds. The Labute approximate surface area is 181 Å². The lowest BCUT2D eigenvalue weighted by Crippen LogP contribution is -2.36. The molecule has 0 saturated heterocycles. The Morgan fingerprint density at radius 1 is 1.11 bits per heavy atom. The Morgan fingerprint density at radius 3 is 2.32 bits per heavy atom. The Morgan fingerprint density at radius 2 is 1.75 bits per heavy atom. The Hall–Kier alpha value is -2.15. The molecule has 0 fully saturated rings. The van der Waals surface area contributed by atoms with Crippen LogP contribution in [0.15, 0.2) is 59.2 Å². The molecule has 0 aliphatic rings. The van der Waals surface area contributed by atoms with Crippen molar-refractivity contribution in [2.75, 3.05) is 5.32 Å². The second-order valence-electron chi connectivity index (χ2n) is 7.06. The standard InChI is InChI=1S/C23H28IN3O/c1-5-22(26-21-12-10-20(24)11-13-21)23(28)27-25-15-17(4)14-18-6-8-19(9-7-18)16(2)3/h6-16,22,26H,5H2,1-4H3,(H,27,28). The number of rotatable bonds is 8. The molecule has 0 aliphatic carbocycles. The van der Waals surface area contributed by atoms with E-state index >= 15 is 0 Å². The first-order valence-electron chi connectivity index (χ1n) is 9.52. The molecule has 2 aromatic rings. The summed E-state index contributed by atoms with van der Waals surface area (Å²) in [7, 11) is 0. The molecule has 148 valence electrons. The van der Waals surface area contributed by atoms with E-state index in [1.165, 1.54) is 5.56 Å². The predicted molar refractivity (Wildman–Crippen MR) is 128 cm³/mol. The van der Waals surface area contributed by atoms with Crippen molar-refractivity contribution < 1.29 is 4.79 Å². The average Bonchev–Trinajstić information content (AvgIpc) is 2.67. The van der Waals surface area contributed by atoms with Crippen LogP contribution in [0.5, 0.6) is 0 Å². The van der Waals surface area contributed by atoms with Crippen molar-refractivity contribution in [3.8, 4) is 0 Å². The van der Waals surface area contributed by atoms with Crippen LogP contribution in [0.4, 0.5) is 5.69 Å². The third-order valence-electron chi connectivity index (χ3n) is 4.35. The highest BCUT2D eigenvalue weighted by Crippen LogP contribution is 2.16. The number of nitrogens with one attached hydrogen (secondary N) is 2. The highest BCUT2D eigenvalue weighted by Gasteiger charge is 2.15. The molecule has 4 nitrogen and oxygen atoms in total. The molecular formula is C23H28IN3O. The number of allylic oxidation sites excluding steroid dienone is 1. The smallest absolute Gasteiger partial charge is 0.262 e. The number of carbonyl (C=O) groups is 1. The highest BCUT2D eigenvalue weighted by molar-refractivity contribution is 14.1. The molecule has 1 atom stereocenters. The van der Waals surface area contributed by atoms with Gasteiger partial charge in [0.25, 0.3) is 5.91 Å². The topological polar surface area (TPSA) is 53.5 Å². The largest absolute Gasteiger partial charge is 0.374 e. The maximum Gasteiger partial charge on any atom is 0.262 e. The summed E-state index contributed by atoms with van der Waals surface area (Å²) >= 11 is 2.26. The molecule has 0 heterocycles. The fourth-order valence-corrected chi connectivity index (χ4v) is 3.01. The van der Waals surface area contributed by atoms with Gasteiger partial charge in [-0.25, -0.2) is 5.43 Å². The molecule has 1 unspecified atom stereocenters. The maximum absolute atomic E-state index is 12.4. The number of benzene rings is 2. The SMILES string of the molecule is CCC(Nc1ccc(I)cc1)C(=O)NN=CC(C)=Cc1ccc(C(C)C)cc1. The van der Waals surface area contributed by atoms with E-state index in [0.29, 0.717) is 12.3 Å². The van der Waals surface area contributed by atoms with E-state index in [1.807, 2.05) is 44.2 Å². The van der Waals surface area contributed by atoms with E-state index in [9.17, 15) is 4.79 Å². The highest BCUT2D eigenvalue weighted by atomic mass is 127. The molecule has 0 saturated carbocycles. The van der Waals surface area contributed by atoms with E-state index in [-0.39, 0.29) is 11.9 Å². The number of nitrogens with zero attached hydrogens (tertiary/aromatic N) is 1. The third kappa shape index (κ3) is 7.11. The molecule has 5 heteroatoms. The summed E-state index contributed by atoms with van der Waals surface area (Å²) in [6.07, 6.45) is 4.39. The van der Waals surface area contributed by atoms with Crippen LogP contribution in [0, 0.1) is 3.57 Å². The lowest BCUT2D eigenvalue weighted by atomic mass is 10.0. The van der Waals surface area contributed by atoms with Gasteiger partial charge in [-0.2, -0.15) is 5.10 Å². The monoisotopic (exact) mass is 489 g/mol. The van der Waals surface area contributed by atoms with Gasteiger partial charge in [0.2, 0.25) is 0 Å². The molecule has 2 aromatic carbocycles. The van der Waals surface area contributed by atoms with Crippen LogP contribution in [-0.2, 0) is 4.79 Å². The first kappa shape index (κ1) is 22.1. The van der Waals surface area contributed by atoms with Gasteiger partial charge in [-0.05, 0) is 82.8 Å². The number of anilines is 1.